The van der Waals surface area contributed by atoms with Crippen LogP contribution in [0.25, 0.3) is 0 Å². The Labute approximate surface area is 106 Å². The zero-order chi connectivity index (χ0) is 13.0. The number of halogens is 1. The highest BCUT2D eigenvalue weighted by atomic mass is 79.9. The van der Waals surface area contributed by atoms with Gasteiger partial charge in [0.2, 0.25) is 0 Å². The van der Waals surface area contributed by atoms with E-state index < -0.39 is 16.9 Å². The molecule has 0 saturated heterocycles. The largest absolute Gasteiger partial charge is 0.394 e. The van der Waals surface area contributed by atoms with Crippen LogP contribution in [0, 0.1) is 10.1 Å². The molecule has 1 atom stereocenters. The predicted molar refractivity (Wildman–Crippen MR) is 64.8 cm³/mol. The van der Waals surface area contributed by atoms with E-state index in [1.165, 1.54) is 18.2 Å². The van der Waals surface area contributed by atoms with Gasteiger partial charge in [-0.15, -0.1) is 0 Å². The van der Waals surface area contributed by atoms with Gasteiger partial charge in [0.25, 0.3) is 11.6 Å². The number of rotatable bonds is 4. The second-order valence-corrected chi connectivity index (χ2v) is 4.33. The average Bonchev–Trinajstić information content (AvgIpc) is 2.28. The first-order valence-electron chi connectivity index (χ1n) is 4.81. The van der Waals surface area contributed by atoms with Crippen LogP contribution in [0.3, 0.4) is 0 Å². The van der Waals surface area contributed by atoms with Gasteiger partial charge in [0, 0.05) is 22.6 Å². The molecule has 6 nitrogen and oxygen atoms in total. The molecule has 0 aromatic heterocycles. The van der Waals surface area contributed by atoms with Crippen molar-refractivity contribution in [3.63, 3.8) is 0 Å². The first-order chi connectivity index (χ1) is 7.95. The summed E-state index contributed by atoms with van der Waals surface area (Å²) in [5, 5.41) is 21.9. The number of hydrogen-bond donors (Lipinski definition) is 2. The molecule has 1 aromatic carbocycles. The van der Waals surface area contributed by atoms with Crippen molar-refractivity contribution in [1.82, 2.24) is 5.32 Å². The van der Waals surface area contributed by atoms with E-state index in [2.05, 4.69) is 21.2 Å². The van der Waals surface area contributed by atoms with Crippen LogP contribution in [0.2, 0.25) is 0 Å². The van der Waals surface area contributed by atoms with Crippen LogP contribution in [0.1, 0.15) is 17.3 Å². The fourth-order valence-electron chi connectivity index (χ4n) is 1.15. The number of aliphatic hydroxyl groups is 1. The number of amides is 1. The van der Waals surface area contributed by atoms with Crippen LogP contribution in [0.15, 0.2) is 22.7 Å². The Morgan fingerprint density at radius 3 is 2.82 bits per heavy atom. The lowest BCUT2D eigenvalue weighted by Gasteiger charge is -2.11. The quantitative estimate of drug-likeness (QED) is 0.650. The maximum absolute atomic E-state index is 11.7. The fraction of sp³-hybridized carbons (Fsp3) is 0.300. The lowest BCUT2D eigenvalue weighted by atomic mass is 10.2. The molecule has 0 aliphatic rings. The highest BCUT2D eigenvalue weighted by molar-refractivity contribution is 9.10. The van der Waals surface area contributed by atoms with Crippen molar-refractivity contribution in [3.8, 4) is 0 Å². The SMILES string of the molecule is C[C@H](CO)NC(=O)c1cc([N+](=O)[O-])ccc1Br. The summed E-state index contributed by atoms with van der Waals surface area (Å²) in [6, 6.07) is 3.52. The Hall–Kier alpha value is -1.47. The van der Waals surface area contributed by atoms with Crippen LogP contribution < -0.4 is 5.32 Å². The van der Waals surface area contributed by atoms with Gasteiger partial charge in [0.05, 0.1) is 17.1 Å². The van der Waals surface area contributed by atoms with E-state index in [1.807, 2.05) is 0 Å². The molecule has 0 fully saturated rings. The van der Waals surface area contributed by atoms with Crippen molar-refractivity contribution in [2.24, 2.45) is 0 Å². The molecule has 0 spiro atoms. The summed E-state index contributed by atoms with van der Waals surface area (Å²) in [7, 11) is 0. The van der Waals surface area contributed by atoms with Gasteiger partial charge < -0.3 is 10.4 Å². The van der Waals surface area contributed by atoms with Crippen LogP contribution in [0.5, 0.6) is 0 Å². The summed E-state index contributed by atoms with van der Waals surface area (Å²) in [6.07, 6.45) is 0. The number of benzene rings is 1. The number of nitro benzene ring substituents is 1. The minimum absolute atomic E-state index is 0.157. The molecule has 2 N–H and O–H groups in total. The molecule has 1 amide bonds. The summed E-state index contributed by atoms with van der Waals surface area (Å²) < 4.78 is 0.464. The van der Waals surface area contributed by atoms with Gasteiger partial charge in [0.15, 0.2) is 0 Å². The summed E-state index contributed by atoms with van der Waals surface area (Å²) in [4.78, 5) is 21.7. The Balaban J connectivity index is 3.00. The zero-order valence-corrected chi connectivity index (χ0v) is 10.6. The van der Waals surface area contributed by atoms with E-state index in [-0.39, 0.29) is 17.9 Å². The Bertz CT molecular complexity index is 450. The van der Waals surface area contributed by atoms with E-state index >= 15 is 0 Å². The van der Waals surface area contributed by atoms with Gasteiger partial charge in [-0.3, -0.25) is 14.9 Å². The first kappa shape index (κ1) is 13.6. The first-order valence-corrected chi connectivity index (χ1v) is 5.60. The number of hydrogen-bond acceptors (Lipinski definition) is 4. The minimum Gasteiger partial charge on any atom is -0.394 e. The van der Waals surface area contributed by atoms with Crippen LogP contribution >= 0.6 is 15.9 Å². The van der Waals surface area contributed by atoms with E-state index in [4.69, 9.17) is 5.11 Å². The second kappa shape index (κ2) is 5.74. The fourth-order valence-corrected chi connectivity index (χ4v) is 1.57. The number of carbonyl (C=O) groups excluding carboxylic acids is 1. The summed E-state index contributed by atoms with van der Waals surface area (Å²) in [5.41, 5.74) is 0.00880. The second-order valence-electron chi connectivity index (χ2n) is 3.48. The molecule has 0 aliphatic heterocycles. The summed E-state index contributed by atoms with van der Waals surface area (Å²) in [6.45, 7) is 1.43. The van der Waals surface area contributed by atoms with E-state index in [1.54, 1.807) is 6.92 Å². The monoisotopic (exact) mass is 302 g/mol. The number of aliphatic hydroxyl groups excluding tert-OH is 1. The Morgan fingerprint density at radius 1 is 1.65 bits per heavy atom. The molecule has 0 aliphatic carbocycles. The minimum atomic E-state index is -0.571. The van der Waals surface area contributed by atoms with Gasteiger partial charge in [-0.1, -0.05) is 0 Å². The number of nitrogens with one attached hydrogen (secondary N) is 1. The van der Waals surface area contributed by atoms with Crippen LogP contribution in [-0.2, 0) is 0 Å². The normalized spacial score (nSPS) is 11.9. The number of nitrogens with zero attached hydrogens (tertiary/aromatic N) is 1. The number of carbonyl (C=O) groups is 1. The lowest BCUT2D eigenvalue weighted by molar-refractivity contribution is -0.384. The van der Waals surface area contributed by atoms with Crippen molar-refractivity contribution >= 4 is 27.5 Å². The van der Waals surface area contributed by atoms with Crippen molar-refractivity contribution in [3.05, 3.63) is 38.3 Å². The van der Waals surface area contributed by atoms with Gasteiger partial charge in [-0.25, -0.2) is 0 Å². The third-order valence-electron chi connectivity index (χ3n) is 2.06. The Kier molecular flexibility index (Phi) is 4.59. The smallest absolute Gasteiger partial charge is 0.270 e. The van der Waals surface area contributed by atoms with Gasteiger partial charge in [0.1, 0.15) is 0 Å². The molecule has 0 unspecified atom stereocenters. The summed E-state index contributed by atoms with van der Waals surface area (Å²) >= 11 is 3.15. The molecule has 0 saturated carbocycles. The number of nitro groups is 1. The van der Waals surface area contributed by atoms with Crippen molar-refractivity contribution in [2.75, 3.05) is 6.61 Å². The molecular weight excluding hydrogens is 292 g/mol. The van der Waals surface area contributed by atoms with Crippen LogP contribution in [-0.4, -0.2) is 28.6 Å². The Morgan fingerprint density at radius 2 is 2.29 bits per heavy atom. The third kappa shape index (κ3) is 3.50. The van der Waals surface area contributed by atoms with Crippen LogP contribution in [0.4, 0.5) is 5.69 Å². The molecule has 7 heteroatoms. The van der Waals surface area contributed by atoms with Crippen molar-refractivity contribution in [2.45, 2.75) is 13.0 Å². The lowest BCUT2D eigenvalue weighted by Crippen LogP contribution is -2.35. The average molecular weight is 303 g/mol. The third-order valence-corrected chi connectivity index (χ3v) is 2.75. The maximum atomic E-state index is 11.7. The van der Waals surface area contributed by atoms with E-state index in [9.17, 15) is 14.9 Å². The van der Waals surface area contributed by atoms with Crippen molar-refractivity contribution in [1.29, 1.82) is 0 Å². The molecular formula is C10H11BrN2O4. The zero-order valence-electron chi connectivity index (χ0n) is 9.01. The highest BCUT2D eigenvalue weighted by Crippen LogP contribution is 2.22. The standard InChI is InChI=1S/C10H11BrN2O4/c1-6(5-14)12-10(15)8-4-7(13(16)17)2-3-9(8)11/h2-4,6,14H,5H2,1H3,(H,12,15)/t6-/m1/s1. The van der Waals surface area contributed by atoms with Gasteiger partial charge in [-0.05, 0) is 28.9 Å². The van der Waals surface area contributed by atoms with E-state index in [0.717, 1.165) is 0 Å². The predicted octanol–water partition coefficient (Wildman–Crippen LogP) is 1.47. The molecule has 1 aromatic rings. The van der Waals surface area contributed by atoms with Gasteiger partial charge >= 0.3 is 0 Å². The van der Waals surface area contributed by atoms with Crippen molar-refractivity contribution < 1.29 is 14.8 Å². The molecule has 17 heavy (non-hydrogen) atoms. The molecule has 0 radical (unpaired) electrons. The number of non-ortho nitro benzene ring substituents is 1. The molecule has 92 valence electrons. The molecule has 0 heterocycles. The van der Waals surface area contributed by atoms with E-state index in [0.29, 0.717) is 4.47 Å². The molecule has 0 bridgehead atoms. The highest BCUT2D eigenvalue weighted by Gasteiger charge is 2.16. The summed E-state index contributed by atoms with van der Waals surface area (Å²) in [5.74, 6) is -0.470. The maximum Gasteiger partial charge on any atom is 0.270 e. The molecule has 1 rings (SSSR count). The van der Waals surface area contributed by atoms with Gasteiger partial charge in [-0.2, -0.15) is 0 Å². The topological polar surface area (TPSA) is 92.5 Å².